The molecule has 1 unspecified atom stereocenters. The van der Waals surface area contributed by atoms with Crippen molar-refractivity contribution in [2.75, 3.05) is 5.32 Å². The first-order valence-corrected chi connectivity index (χ1v) is 6.33. The highest BCUT2D eigenvalue weighted by Crippen LogP contribution is 2.27. The Morgan fingerprint density at radius 2 is 1.84 bits per heavy atom. The van der Waals surface area contributed by atoms with Crippen molar-refractivity contribution in [2.45, 2.75) is 19.9 Å². The summed E-state index contributed by atoms with van der Waals surface area (Å²) in [5.74, 6) is -0.624. The van der Waals surface area contributed by atoms with Crippen LogP contribution in [0.2, 0.25) is 5.02 Å². The van der Waals surface area contributed by atoms with Gasteiger partial charge in [-0.3, -0.25) is 0 Å². The Balaban J connectivity index is 2.20. The first kappa shape index (κ1) is 13.8. The molecule has 0 aliphatic carbocycles. The van der Waals surface area contributed by atoms with Crippen molar-refractivity contribution in [3.05, 3.63) is 64.2 Å². The molecule has 2 aromatic rings. The summed E-state index contributed by atoms with van der Waals surface area (Å²) < 4.78 is 26.5. The average molecular weight is 282 g/mol. The lowest BCUT2D eigenvalue weighted by atomic mass is 10.1. The maximum Gasteiger partial charge on any atom is 0.126 e. The number of benzene rings is 2. The molecule has 0 spiro atoms. The Labute approximate surface area is 116 Å². The van der Waals surface area contributed by atoms with Crippen LogP contribution < -0.4 is 5.32 Å². The minimum Gasteiger partial charge on any atom is -0.377 e. The summed E-state index contributed by atoms with van der Waals surface area (Å²) in [6.07, 6.45) is 0. The molecule has 0 aliphatic rings. The molecule has 2 rings (SSSR count). The molecule has 1 nitrogen and oxygen atoms in total. The fourth-order valence-corrected chi connectivity index (χ4v) is 2.02. The number of nitrogens with one attached hydrogen (secondary N) is 1. The Hall–Kier alpha value is -1.61. The van der Waals surface area contributed by atoms with Gasteiger partial charge in [0.05, 0.1) is 10.7 Å². The minimum atomic E-state index is -0.385. The highest BCUT2D eigenvalue weighted by atomic mass is 35.5. The molecule has 0 aliphatic heterocycles. The highest BCUT2D eigenvalue weighted by Gasteiger charge is 2.10. The molecular weight excluding hydrogens is 268 g/mol. The molecule has 4 heteroatoms. The van der Waals surface area contributed by atoms with Gasteiger partial charge in [0.1, 0.15) is 11.6 Å². The van der Waals surface area contributed by atoms with Gasteiger partial charge >= 0.3 is 0 Å². The predicted octanol–water partition coefficient (Wildman–Crippen LogP) is 5.10. The molecule has 0 radical (unpaired) electrons. The van der Waals surface area contributed by atoms with E-state index in [1.54, 1.807) is 19.1 Å². The number of hydrogen-bond acceptors (Lipinski definition) is 1. The first-order valence-electron chi connectivity index (χ1n) is 5.95. The van der Waals surface area contributed by atoms with Gasteiger partial charge in [-0.15, -0.1) is 0 Å². The summed E-state index contributed by atoms with van der Waals surface area (Å²) in [6, 6.07) is 9.09. The van der Waals surface area contributed by atoms with Crippen LogP contribution in [-0.4, -0.2) is 0 Å². The third-order valence-electron chi connectivity index (χ3n) is 3.00. The van der Waals surface area contributed by atoms with E-state index >= 15 is 0 Å². The molecule has 2 aromatic carbocycles. The summed E-state index contributed by atoms with van der Waals surface area (Å²) >= 11 is 5.94. The van der Waals surface area contributed by atoms with E-state index in [4.69, 9.17) is 11.6 Å². The van der Waals surface area contributed by atoms with Crippen molar-refractivity contribution in [1.82, 2.24) is 0 Å². The summed E-state index contributed by atoms with van der Waals surface area (Å²) in [5, 5.41) is 3.44. The number of aryl methyl sites for hydroxylation is 1. The van der Waals surface area contributed by atoms with E-state index in [0.29, 0.717) is 16.3 Å². The van der Waals surface area contributed by atoms with Gasteiger partial charge in [-0.25, -0.2) is 8.78 Å². The second-order valence-corrected chi connectivity index (χ2v) is 4.91. The van der Waals surface area contributed by atoms with Crippen LogP contribution >= 0.6 is 11.6 Å². The number of hydrogen-bond donors (Lipinski definition) is 1. The summed E-state index contributed by atoms with van der Waals surface area (Å²) in [7, 11) is 0. The molecule has 0 fully saturated rings. The third-order valence-corrected chi connectivity index (χ3v) is 3.31. The van der Waals surface area contributed by atoms with Gasteiger partial charge < -0.3 is 5.32 Å². The van der Waals surface area contributed by atoms with Gasteiger partial charge in [0.15, 0.2) is 0 Å². The maximum atomic E-state index is 13.5. The van der Waals surface area contributed by atoms with E-state index in [0.717, 1.165) is 5.56 Å². The van der Waals surface area contributed by atoms with Gasteiger partial charge in [-0.05, 0) is 49.2 Å². The summed E-state index contributed by atoms with van der Waals surface area (Å²) in [5.41, 5.74) is 2.04. The molecule has 0 heterocycles. The quantitative estimate of drug-likeness (QED) is 0.825. The van der Waals surface area contributed by atoms with Gasteiger partial charge in [0, 0.05) is 6.04 Å². The zero-order valence-corrected chi connectivity index (χ0v) is 11.4. The molecule has 0 saturated carbocycles. The van der Waals surface area contributed by atoms with Gasteiger partial charge in [-0.2, -0.15) is 0 Å². The predicted molar refractivity (Wildman–Crippen MR) is 74.6 cm³/mol. The van der Waals surface area contributed by atoms with E-state index in [-0.39, 0.29) is 17.7 Å². The van der Waals surface area contributed by atoms with Crippen molar-refractivity contribution in [2.24, 2.45) is 0 Å². The monoisotopic (exact) mass is 281 g/mol. The van der Waals surface area contributed by atoms with Crippen LogP contribution in [0.5, 0.6) is 0 Å². The topological polar surface area (TPSA) is 12.0 Å². The lowest BCUT2D eigenvalue weighted by Gasteiger charge is -2.17. The largest absolute Gasteiger partial charge is 0.377 e. The molecule has 0 saturated heterocycles. The van der Waals surface area contributed by atoms with E-state index in [9.17, 15) is 8.78 Å². The van der Waals surface area contributed by atoms with Crippen LogP contribution in [0.15, 0.2) is 36.4 Å². The molecule has 1 N–H and O–H groups in total. The zero-order valence-electron chi connectivity index (χ0n) is 10.7. The summed E-state index contributed by atoms with van der Waals surface area (Å²) in [4.78, 5) is 0. The van der Waals surface area contributed by atoms with E-state index < -0.39 is 0 Å². The van der Waals surface area contributed by atoms with E-state index in [1.165, 1.54) is 18.2 Å². The SMILES string of the molecule is Cc1ccc(C(C)Nc2ccc(F)cc2Cl)cc1F. The first-order chi connectivity index (χ1) is 8.97. The van der Waals surface area contributed by atoms with Crippen LogP contribution in [0.3, 0.4) is 0 Å². The molecule has 100 valence electrons. The summed E-state index contributed by atoms with van der Waals surface area (Å²) in [6.45, 7) is 3.61. The fraction of sp³-hybridized carbons (Fsp3) is 0.200. The maximum absolute atomic E-state index is 13.5. The molecule has 19 heavy (non-hydrogen) atoms. The van der Waals surface area contributed by atoms with Gasteiger partial charge in [-0.1, -0.05) is 23.7 Å². The molecule has 1 atom stereocenters. The van der Waals surface area contributed by atoms with Crippen LogP contribution in [0.4, 0.5) is 14.5 Å². The van der Waals surface area contributed by atoms with Gasteiger partial charge in [0.2, 0.25) is 0 Å². The number of anilines is 1. The highest BCUT2D eigenvalue weighted by molar-refractivity contribution is 6.33. The zero-order chi connectivity index (χ0) is 14.0. The Morgan fingerprint density at radius 1 is 1.11 bits per heavy atom. The molecular formula is C15H14ClF2N. The van der Waals surface area contributed by atoms with E-state index in [1.807, 2.05) is 13.0 Å². The van der Waals surface area contributed by atoms with Crippen LogP contribution in [0.25, 0.3) is 0 Å². The van der Waals surface area contributed by atoms with Crippen molar-refractivity contribution >= 4 is 17.3 Å². The van der Waals surface area contributed by atoms with Crippen LogP contribution in [0.1, 0.15) is 24.1 Å². The second kappa shape index (κ2) is 5.57. The van der Waals surface area contributed by atoms with E-state index in [2.05, 4.69) is 5.32 Å². The fourth-order valence-electron chi connectivity index (χ4n) is 1.80. The molecule has 0 amide bonds. The van der Waals surface area contributed by atoms with Gasteiger partial charge in [0.25, 0.3) is 0 Å². The second-order valence-electron chi connectivity index (χ2n) is 4.50. The Morgan fingerprint density at radius 3 is 2.47 bits per heavy atom. The Kier molecular flexibility index (Phi) is 4.05. The van der Waals surface area contributed by atoms with Crippen molar-refractivity contribution < 1.29 is 8.78 Å². The molecule has 0 aromatic heterocycles. The van der Waals surface area contributed by atoms with Crippen molar-refractivity contribution in [3.63, 3.8) is 0 Å². The lowest BCUT2D eigenvalue weighted by molar-refractivity contribution is 0.614. The Bertz CT molecular complexity index is 599. The van der Waals surface area contributed by atoms with Crippen molar-refractivity contribution in [1.29, 1.82) is 0 Å². The molecule has 0 bridgehead atoms. The normalized spacial score (nSPS) is 12.3. The number of rotatable bonds is 3. The number of halogens is 3. The minimum absolute atomic E-state index is 0.127. The van der Waals surface area contributed by atoms with Crippen molar-refractivity contribution in [3.8, 4) is 0 Å². The third kappa shape index (κ3) is 3.24. The average Bonchev–Trinajstić information content (AvgIpc) is 2.36. The lowest BCUT2D eigenvalue weighted by Crippen LogP contribution is -2.07. The standard InChI is InChI=1S/C15H14ClF2N/c1-9-3-4-11(7-14(9)18)10(2)19-15-6-5-12(17)8-13(15)16/h3-8,10,19H,1-2H3. The van der Waals surface area contributed by atoms with Crippen LogP contribution in [-0.2, 0) is 0 Å². The van der Waals surface area contributed by atoms with Crippen LogP contribution in [0, 0.1) is 18.6 Å². The smallest absolute Gasteiger partial charge is 0.126 e.